The lowest BCUT2D eigenvalue weighted by atomic mass is 9.77. The van der Waals surface area contributed by atoms with Crippen molar-refractivity contribution < 1.29 is 14.3 Å². The minimum Gasteiger partial charge on any atom is -0.493 e. The minimum atomic E-state index is -0.470. The van der Waals surface area contributed by atoms with Gasteiger partial charge in [0.1, 0.15) is 0 Å². The first kappa shape index (κ1) is 19.3. The number of methoxy groups -OCH3 is 2. The molecule has 2 aromatic rings. The molecule has 0 unspecified atom stereocenters. The van der Waals surface area contributed by atoms with Crippen LogP contribution in [0.25, 0.3) is 0 Å². The van der Waals surface area contributed by atoms with E-state index in [0.29, 0.717) is 18.0 Å². The lowest BCUT2D eigenvalue weighted by Gasteiger charge is -2.29. The van der Waals surface area contributed by atoms with E-state index in [2.05, 4.69) is 10.4 Å². The number of aromatic nitrogens is 2. The molecular weight excluding hydrogens is 342 g/mol. The predicted molar refractivity (Wildman–Crippen MR) is 104 cm³/mol. The van der Waals surface area contributed by atoms with Crippen molar-refractivity contribution in [1.29, 1.82) is 0 Å². The molecule has 1 heterocycles. The summed E-state index contributed by atoms with van der Waals surface area (Å²) in [7, 11) is 3.25. The number of nitrogens with zero attached hydrogens (tertiary/aromatic N) is 2. The summed E-state index contributed by atoms with van der Waals surface area (Å²) in [5.74, 6) is 1.47. The Hall–Kier alpha value is -2.50. The van der Waals surface area contributed by atoms with Crippen LogP contribution in [0.4, 0.5) is 0 Å². The van der Waals surface area contributed by atoms with Gasteiger partial charge in [0, 0.05) is 19.3 Å². The van der Waals surface area contributed by atoms with Gasteiger partial charge in [-0.05, 0) is 49.4 Å². The number of carbonyl (C=O) groups is 1. The van der Waals surface area contributed by atoms with Crippen molar-refractivity contribution in [3.05, 3.63) is 41.7 Å². The number of hydrogen-bond donors (Lipinski definition) is 1. The van der Waals surface area contributed by atoms with Crippen LogP contribution in [0, 0.1) is 6.92 Å². The van der Waals surface area contributed by atoms with E-state index >= 15 is 0 Å². The quantitative estimate of drug-likeness (QED) is 0.724. The number of benzene rings is 1. The normalized spacial score (nSPS) is 15.5. The Morgan fingerprint density at radius 1 is 1.22 bits per heavy atom. The summed E-state index contributed by atoms with van der Waals surface area (Å²) in [6.07, 6.45) is 8.59. The van der Waals surface area contributed by atoms with Crippen LogP contribution < -0.4 is 14.8 Å². The number of amides is 1. The molecule has 6 nitrogen and oxygen atoms in total. The zero-order valence-electron chi connectivity index (χ0n) is 16.5. The summed E-state index contributed by atoms with van der Waals surface area (Å²) >= 11 is 0. The van der Waals surface area contributed by atoms with Gasteiger partial charge in [0.25, 0.3) is 0 Å². The molecule has 3 rings (SSSR count). The van der Waals surface area contributed by atoms with Gasteiger partial charge in [-0.25, -0.2) is 0 Å². The van der Waals surface area contributed by atoms with E-state index < -0.39 is 5.41 Å². The van der Waals surface area contributed by atoms with Gasteiger partial charge < -0.3 is 14.8 Å². The monoisotopic (exact) mass is 371 g/mol. The third-order valence-electron chi connectivity index (χ3n) is 5.44. The summed E-state index contributed by atoms with van der Waals surface area (Å²) in [6.45, 7) is 3.47. The number of rotatable bonds is 8. The molecule has 0 saturated heterocycles. The summed E-state index contributed by atoms with van der Waals surface area (Å²) < 4.78 is 12.7. The van der Waals surface area contributed by atoms with Crippen molar-refractivity contribution in [2.45, 2.75) is 51.0 Å². The lowest BCUT2D eigenvalue weighted by Crippen LogP contribution is -2.43. The summed E-state index contributed by atoms with van der Waals surface area (Å²) in [5, 5.41) is 7.44. The molecule has 0 bridgehead atoms. The molecule has 0 aliphatic heterocycles. The number of ether oxygens (including phenoxy) is 2. The molecule has 27 heavy (non-hydrogen) atoms. The molecule has 1 N–H and O–H groups in total. The van der Waals surface area contributed by atoms with Crippen LogP contribution in [0.3, 0.4) is 0 Å². The number of hydrogen-bond acceptors (Lipinski definition) is 4. The molecule has 146 valence electrons. The fourth-order valence-electron chi connectivity index (χ4n) is 3.96. The second-order valence-corrected chi connectivity index (χ2v) is 7.25. The maximum absolute atomic E-state index is 13.1. The average Bonchev–Trinajstić information content (AvgIpc) is 3.34. The SMILES string of the molecule is COc1ccc(C2(C(=O)NCCCn3cc(C)cn3)CCCC2)cc1OC. The van der Waals surface area contributed by atoms with Crippen molar-refractivity contribution in [1.82, 2.24) is 15.1 Å². The molecule has 0 atom stereocenters. The molecule has 0 radical (unpaired) electrons. The Morgan fingerprint density at radius 2 is 1.96 bits per heavy atom. The van der Waals surface area contributed by atoms with Crippen molar-refractivity contribution in [3.8, 4) is 11.5 Å². The van der Waals surface area contributed by atoms with Crippen LogP contribution in [0.1, 0.15) is 43.2 Å². The molecule has 1 aromatic carbocycles. The Bertz CT molecular complexity index is 779. The van der Waals surface area contributed by atoms with Gasteiger partial charge in [-0.2, -0.15) is 5.10 Å². The highest BCUT2D eigenvalue weighted by Gasteiger charge is 2.42. The van der Waals surface area contributed by atoms with Crippen molar-refractivity contribution >= 4 is 5.91 Å². The fraction of sp³-hybridized carbons (Fsp3) is 0.524. The molecule has 1 amide bonds. The van der Waals surface area contributed by atoms with Gasteiger partial charge in [-0.3, -0.25) is 9.48 Å². The standard InChI is InChI=1S/C21H29N3O3/c1-16-14-23-24(15-16)12-6-11-22-20(25)21(9-4-5-10-21)17-7-8-18(26-2)19(13-17)27-3/h7-8,13-15H,4-6,9-12H2,1-3H3,(H,22,25). The molecule has 1 aromatic heterocycles. The molecule has 0 spiro atoms. The van der Waals surface area contributed by atoms with Crippen LogP contribution in [-0.2, 0) is 16.8 Å². The van der Waals surface area contributed by atoms with Gasteiger partial charge in [-0.1, -0.05) is 18.9 Å². The molecule has 1 aliphatic carbocycles. The van der Waals surface area contributed by atoms with Crippen LogP contribution >= 0.6 is 0 Å². The van der Waals surface area contributed by atoms with E-state index in [-0.39, 0.29) is 5.91 Å². The van der Waals surface area contributed by atoms with Gasteiger partial charge in [-0.15, -0.1) is 0 Å². The third-order valence-corrected chi connectivity index (χ3v) is 5.44. The molecule has 1 aliphatic rings. The molecular formula is C21H29N3O3. The van der Waals surface area contributed by atoms with Crippen molar-refractivity contribution in [3.63, 3.8) is 0 Å². The maximum Gasteiger partial charge on any atom is 0.230 e. The third kappa shape index (κ3) is 4.10. The second kappa shape index (κ2) is 8.46. The molecule has 1 fully saturated rings. The first-order chi connectivity index (χ1) is 13.1. The van der Waals surface area contributed by atoms with Crippen LogP contribution in [0.5, 0.6) is 11.5 Å². The Morgan fingerprint density at radius 3 is 2.59 bits per heavy atom. The Labute approximate surface area is 160 Å². The first-order valence-corrected chi connectivity index (χ1v) is 9.59. The Kier molecular flexibility index (Phi) is 6.04. The van der Waals surface area contributed by atoms with E-state index in [1.54, 1.807) is 14.2 Å². The van der Waals surface area contributed by atoms with E-state index in [0.717, 1.165) is 49.8 Å². The van der Waals surface area contributed by atoms with E-state index in [4.69, 9.17) is 9.47 Å². The van der Waals surface area contributed by atoms with E-state index in [9.17, 15) is 4.79 Å². The average molecular weight is 371 g/mol. The molecule has 1 saturated carbocycles. The van der Waals surface area contributed by atoms with E-state index in [1.165, 1.54) is 0 Å². The second-order valence-electron chi connectivity index (χ2n) is 7.25. The van der Waals surface area contributed by atoms with E-state index in [1.807, 2.05) is 42.2 Å². The highest BCUT2D eigenvalue weighted by molar-refractivity contribution is 5.88. The smallest absolute Gasteiger partial charge is 0.230 e. The van der Waals surface area contributed by atoms with Crippen LogP contribution in [-0.4, -0.2) is 36.5 Å². The Balaban J connectivity index is 1.67. The van der Waals surface area contributed by atoms with Crippen LogP contribution in [0.2, 0.25) is 0 Å². The van der Waals surface area contributed by atoms with Crippen molar-refractivity contribution in [2.24, 2.45) is 0 Å². The first-order valence-electron chi connectivity index (χ1n) is 9.59. The predicted octanol–water partition coefficient (Wildman–Crippen LogP) is 3.23. The zero-order valence-corrected chi connectivity index (χ0v) is 16.5. The van der Waals surface area contributed by atoms with Crippen LogP contribution in [0.15, 0.2) is 30.6 Å². The molecule has 6 heteroatoms. The summed E-state index contributed by atoms with van der Waals surface area (Å²) in [4.78, 5) is 13.1. The zero-order chi connectivity index (χ0) is 19.3. The lowest BCUT2D eigenvalue weighted by molar-refractivity contribution is -0.126. The maximum atomic E-state index is 13.1. The van der Waals surface area contributed by atoms with Gasteiger partial charge in [0.2, 0.25) is 5.91 Å². The summed E-state index contributed by atoms with van der Waals surface area (Å²) in [6, 6.07) is 5.84. The van der Waals surface area contributed by atoms with Gasteiger partial charge in [0.05, 0.1) is 25.8 Å². The van der Waals surface area contributed by atoms with Gasteiger partial charge in [0.15, 0.2) is 11.5 Å². The minimum absolute atomic E-state index is 0.115. The number of nitrogens with one attached hydrogen (secondary N) is 1. The highest BCUT2D eigenvalue weighted by atomic mass is 16.5. The topological polar surface area (TPSA) is 65.4 Å². The van der Waals surface area contributed by atoms with Crippen molar-refractivity contribution in [2.75, 3.05) is 20.8 Å². The number of aryl methyl sites for hydroxylation is 2. The largest absolute Gasteiger partial charge is 0.493 e. The van der Waals surface area contributed by atoms with Gasteiger partial charge >= 0.3 is 0 Å². The fourth-order valence-corrected chi connectivity index (χ4v) is 3.96. The summed E-state index contributed by atoms with van der Waals surface area (Å²) in [5.41, 5.74) is 1.69. The number of carbonyl (C=O) groups excluding carboxylic acids is 1. The highest BCUT2D eigenvalue weighted by Crippen LogP contribution is 2.43.